The zero-order chi connectivity index (χ0) is 23.3. The fourth-order valence-corrected chi connectivity index (χ4v) is 3.83. The molecule has 33 heavy (non-hydrogen) atoms. The minimum atomic E-state index is -0.803. The lowest BCUT2D eigenvalue weighted by Gasteiger charge is -2.36. The highest BCUT2D eigenvalue weighted by Crippen LogP contribution is 2.33. The van der Waals surface area contributed by atoms with Gasteiger partial charge in [0.2, 0.25) is 11.8 Å². The number of amides is 1. The van der Waals surface area contributed by atoms with E-state index in [0.717, 1.165) is 29.4 Å². The molecule has 2 fully saturated rings. The van der Waals surface area contributed by atoms with Gasteiger partial charge in [0.05, 0.1) is 30.5 Å². The quantitative estimate of drug-likeness (QED) is 0.595. The Morgan fingerprint density at radius 2 is 1.91 bits per heavy atom. The van der Waals surface area contributed by atoms with Crippen LogP contribution in [0, 0.1) is 5.41 Å². The van der Waals surface area contributed by atoms with Gasteiger partial charge >= 0.3 is 0 Å². The second-order valence-electron chi connectivity index (χ2n) is 8.85. The third kappa shape index (κ3) is 6.38. The molecule has 2 aromatic rings. The maximum Gasteiger partial charge on any atom is 0.235 e. The molecule has 1 aromatic heterocycles. The standard InChI is InChI=1S/C24H31N3O5S/c1-24(23(28)26-18-6-9-21(25-12-18)29-11-10-27(2)3)15-30-22(31-16-24)17-4-7-19(8-5-17)32-20-13-33-14-20/h4-9,12,20,22H,10-11,13-16H2,1-3H3,(H,26,28). The van der Waals surface area contributed by atoms with Crippen molar-refractivity contribution >= 4 is 23.4 Å². The van der Waals surface area contributed by atoms with Gasteiger partial charge in [0.1, 0.15) is 18.5 Å². The van der Waals surface area contributed by atoms with Crippen molar-refractivity contribution in [3.05, 3.63) is 48.2 Å². The Bertz CT molecular complexity index is 911. The lowest BCUT2D eigenvalue weighted by molar-refractivity contribution is -0.226. The van der Waals surface area contributed by atoms with E-state index in [-0.39, 0.29) is 19.1 Å². The van der Waals surface area contributed by atoms with E-state index in [1.54, 1.807) is 18.3 Å². The molecule has 0 unspecified atom stereocenters. The van der Waals surface area contributed by atoms with Gasteiger partial charge in [-0.2, -0.15) is 11.8 Å². The molecule has 2 saturated heterocycles. The number of nitrogens with zero attached hydrogens (tertiary/aromatic N) is 2. The van der Waals surface area contributed by atoms with Gasteiger partial charge in [-0.15, -0.1) is 0 Å². The van der Waals surface area contributed by atoms with Crippen molar-refractivity contribution in [1.29, 1.82) is 0 Å². The van der Waals surface area contributed by atoms with Crippen molar-refractivity contribution in [2.45, 2.75) is 19.3 Å². The normalized spacial score (nSPS) is 23.1. The molecule has 4 rings (SSSR count). The summed E-state index contributed by atoms with van der Waals surface area (Å²) in [6.07, 6.45) is 1.40. The third-order valence-electron chi connectivity index (χ3n) is 5.50. The molecule has 178 valence electrons. The number of benzene rings is 1. The van der Waals surface area contributed by atoms with E-state index in [2.05, 4.69) is 10.3 Å². The van der Waals surface area contributed by atoms with Gasteiger partial charge in [0.15, 0.2) is 6.29 Å². The first-order chi connectivity index (χ1) is 15.9. The number of hydrogen-bond donors (Lipinski definition) is 1. The van der Waals surface area contributed by atoms with Crippen molar-refractivity contribution in [2.24, 2.45) is 5.41 Å². The van der Waals surface area contributed by atoms with Crippen LogP contribution in [0.1, 0.15) is 18.8 Å². The number of carbonyl (C=O) groups is 1. The van der Waals surface area contributed by atoms with Gasteiger partial charge in [-0.3, -0.25) is 4.79 Å². The summed E-state index contributed by atoms with van der Waals surface area (Å²) in [7, 11) is 3.97. The van der Waals surface area contributed by atoms with Gasteiger partial charge in [-0.25, -0.2) is 4.98 Å². The number of thioether (sulfide) groups is 1. The molecule has 3 heterocycles. The highest BCUT2D eigenvalue weighted by atomic mass is 32.2. The molecule has 1 amide bonds. The van der Waals surface area contributed by atoms with Crippen molar-refractivity contribution in [3.63, 3.8) is 0 Å². The SMILES string of the molecule is CN(C)CCOc1ccc(NC(=O)C2(C)COC(c3ccc(OC4CSC4)cc3)OC2)cn1. The van der Waals surface area contributed by atoms with E-state index in [1.165, 1.54) is 0 Å². The number of anilines is 1. The number of ether oxygens (including phenoxy) is 4. The molecule has 1 N–H and O–H groups in total. The summed E-state index contributed by atoms with van der Waals surface area (Å²) >= 11 is 1.89. The summed E-state index contributed by atoms with van der Waals surface area (Å²) < 4.78 is 23.3. The van der Waals surface area contributed by atoms with Crippen molar-refractivity contribution in [2.75, 3.05) is 57.3 Å². The first-order valence-electron chi connectivity index (χ1n) is 11.0. The number of nitrogens with one attached hydrogen (secondary N) is 1. The van der Waals surface area contributed by atoms with Crippen LogP contribution in [-0.2, 0) is 14.3 Å². The lowest BCUT2D eigenvalue weighted by atomic mass is 9.90. The predicted molar refractivity (Wildman–Crippen MR) is 128 cm³/mol. The Balaban J connectivity index is 1.25. The molecule has 9 heteroatoms. The zero-order valence-corrected chi connectivity index (χ0v) is 20.1. The first-order valence-corrected chi connectivity index (χ1v) is 12.2. The van der Waals surface area contributed by atoms with Gasteiger partial charge in [-0.1, -0.05) is 12.1 Å². The maximum absolute atomic E-state index is 12.9. The van der Waals surface area contributed by atoms with E-state index in [1.807, 2.05) is 61.9 Å². The fourth-order valence-electron chi connectivity index (χ4n) is 3.27. The third-order valence-corrected chi connectivity index (χ3v) is 6.71. The van der Waals surface area contributed by atoms with Crippen molar-refractivity contribution in [3.8, 4) is 11.6 Å². The molecule has 1 aromatic carbocycles. The van der Waals surface area contributed by atoms with E-state index in [0.29, 0.717) is 24.3 Å². The summed E-state index contributed by atoms with van der Waals surface area (Å²) in [6, 6.07) is 11.3. The van der Waals surface area contributed by atoms with Crippen LogP contribution in [0.2, 0.25) is 0 Å². The molecule has 0 spiro atoms. The molecule has 0 saturated carbocycles. The second kappa shape index (κ2) is 10.7. The van der Waals surface area contributed by atoms with Crippen LogP contribution in [0.3, 0.4) is 0 Å². The Labute approximate surface area is 198 Å². The monoisotopic (exact) mass is 473 g/mol. The average Bonchev–Trinajstić information content (AvgIpc) is 2.78. The minimum Gasteiger partial charge on any atom is -0.489 e. The molecule has 2 aliphatic heterocycles. The smallest absolute Gasteiger partial charge is 0.235 e. The van der Waals surface area contributed by atoms with E-state index in [9.17, 15) is 4.79 Å². The number of hydrogen-bond acceptors (Lipinski definition) is 8. The van der Waals surface area contributed by atoms with Crippen LogP contribution >= 0.6 is 11.8 Å². The summed E-state index contributed by atoms with van der Waals surface area (Å²) in [5, 5.41) is 2.90. The number of likely N-dealkylation sites (N-methyl/N-ethyl adjacent to an activating group) is 1. The molecular weight excluding hydrogens is 442 g/mol. The minimum absolute atomic E-state index is 0.175. The Morgan fingerprint density at radius 1 is 1.18 bits per heavy atom. The molecule has 0 atom stereocenters. The molecule has 0 radical (unpaired) electrons. The zero-order valence-electron chi connectivity index (χ0n) is 19.3. The van der Waals surface area contributed by atoms with Gasteiger partial charge in [-0.05, 0) is 39.2 Å². The van der Waals surface area contributed by atoms with Gasteiger partial charge in [0.25, 0.3) is 0 Å². The van der Waals surface area contributed by atoms with Crippen LogP contribution in [0.4, 0.5) is 5.69 Å². The Morgan fingerprint density at radius 3 is 2.48 bits per heavy atom. The number of carbonyl (C=O) groups excluding carboxylic acids is 1. The van der Waals surface area contributed by atoms with E-state index >= 15 is 0 Å². The summed E-state index contributed by atoms with van der Waals surface area (Å²) in [6.45, 7) is 3.69. The first kappa shape index (κ1) is 23.8. The summed E-state index contributed by atoms with van der Waals surface area (Å²) in [5.41, 5.74) is 0.702. The topological polar surface area (TPSA) is 82.2 Å². The van der Waals surface area contributed by atoms with Crippen LogP contribution in [0.25, 0.3) is 0 Å². The number of aromatic nitrogens is 1. The molecule has 0 bridgehead atoms. The molecule has 2 aliphatic rings. The predicted octanol–water partition coefficient (Wildman–Crippen LogP) is 3.21. The summed E-state index contributed by atoms with van der Waals surface area (Å²) in [5.74, 6) is 3.29. The lowest BCUT2D eigenvalue weighted by Crippen LogP contribution is -2.45. The Kier molecular flexibility index (Phi) is 7.75. The molecule has 0 aliphatic carbocycles. The van der Waals surface area contributed by atoms with Gasteiger partial charge in [0, 0.05) is 29.7 Å². The van der Waals surface area contributed by atoms with E-state index < -0.39 is 11.7 Å². The van der Waals surface area contributed by atoms with Crippen LogP contribution < -0.4 is 14.8 Å². The number of pyridine rings is 1. The Hall–Kier alpha value is -2.33. The fraction of sp³-hybridized carbons (Fsp3) is 0.500. The average molecular weight is 474 g/mol. The number of rotatable bonds is 9. The van der Waals surface area contributed by atoms with E-state index in [4.69, 9.17) is 18.9 Å². The highest BCUT2D eigenvalue weighted by molar-refractivity contribution is 8.00. The van der Waals surface area contributed by atoms with Crippen molar-refractivity contribution in [1.82, 2.24) is 9.88 Å². The van der Waals surface area contributed by atoms with Gasteiger partial charge < -0.3 is 29.2 Å². The van der Waals surface area contributed by atoms with Crippen LogP contribution in [-0.4, -0.2) is 73.9 Å². The largest absolute Gasteiger partial charge is 0.489 e. The second-order valence-corrected chi connectivity index (χ2v) is 9.93. The van der Waals surface area contributed by atoms with Crippen LogP contribution in [0.5, 0.6) is 11.6 Å². The summed E-state index contributed by atoms with van der Waals surface area (Å²) in [4.78, 5) is 19.2. The van der Waals surface area contributed by atoms with Crippen LogP contribution in [0.15, 0.2) is 42.6 Å². The maximum atomic E-state index is 12.9. The molecule has 8 nitrogen and oxygen atoms in total. The highest BCUT2D eigenvalue weighted by Gasteiger charge is 2.40. The molecular formula is C24H31N3O5S. The van der Waals surface area contributed by atoms with Crippen molar-refractivity contribution < 1.29 is 23.7 Å².